The van der Waals surface area contributed by atoms with Crippen molar-refractivity contribution in [3.63, 3.8) is 0 Å². The average molecular weight is 601 g/mol. The van der Waals surface area contributed by atoms with Crippen LogP contribution in [0.4, 0.5) is 0 Å². The number of benzene rings is 3. The fourth-order valence-electron chi connectivity index (χ4n) is 5.92. The van der Waals surface area contributed by atoms with E-state index in [4.69, 9.17) is 9.47 Å². The lowest BCUT2D eigenvalue weighted by Crippen LogP contribution is -2.06. The van der Waals surface area contributed by atoms with E-state index in [9.17, 15) is 4.79 Å². The molecular weight excluding hydrogens is 540 g/mol. The maximum Gasteiger partial charge on any atom is 0.163 e. The van der Waals surface area contributed by atoms with Gasteiger partial charge < -0.3 is 9.47 Å². The van der Waals surface area contributed by atoms with Gasteiger partial charge in [-0.1, -0.05) is 160 Å². The van der Waals surface area contributed by atoms with Crippen LogP contribution in [0.3, 0.4) is 0 Å². The zero-order chi connectivity index (χ0) is 31.2. The van der Waals surface area contributed by atoms with Gasteiger partial charge in [0.05, 0.1) is 6.61 Å². The molecule has 0 heterocycles. The number of hydrogen-bond acceptors (Lipinski definition) is 3. The fraction of sp³-hybridized carbons (Fsp3) is 0.585. The van der Waals surface area contributed by atoms with E-state index in [1.165, 1.54) is 96.3 Å². The molecule has 44 heavy (non-hydrogen) atoms. The van der Waals surface area contributed by atoms with Gasteiger partial charge in [-0.25, -0.2) is 0 Å². The highest BCUT2D eigenvalue weighted by Gasteiger charge is 2.11. The normalized spacial score (nSPS) is 12.0. The lowest BCUT2D eigenvalue weighted by molar-refractivity contribution is 0.0962. The van der Waals surface area contributed by atoms with Crippen molar-refractivity contribution < 1.29 is 14.3 Å². The highest BCUT2D eigenvalue weighted by molar-refractivity contribution is 5.96. The van der Waals surface area contributed by atoms with Gasteiger partial charge in [0.25, 0.3) is 0 Å². The van der Waals surface area contributed by atoms with Gasteiger partial charge in [-0.05, 0) is 52.9 Å². The lowest BCUT2D eigenvalue weighted by Gasteiger charge is -2.11. The minimum Gasteiger partial charge on any atom is -0.494 e. The van der Waals surface area contributed by atoms with E-state index < -0.39 is 0 Å². The summed E-state index contributed by atoms with van der Waals surface area (Å²) in [6.07, 6.45) is 23.2. The Morgan fingerprint density at radius 3 is 1.66 bits per heavy atom. The Hall–Kier alpha value is -2.81. The highest BCUT2D eigenvalue weighted by Crippen LogP contribution is 2.26. The van der Waals surface area contributed by atoms with Gasteiger partial charge in [-0.3, -0.25) is 4.79 Å². The van der Waals surface area contributed by atoms with Gasteiger partial charge >= 0.3 is 0 Å². The number of hydrogen-bond donors (Lipinski definition) is 0. The largest absolute Gasteiger partial charge is 0.494 e. The van der Waals surface area contributed by atoms with Crippen molar-refractivity contribution >= 4 is 16.6 Å². The molecule has 0 spiro atoms. The van der Waals surface area contributed by atoms with E-state index in [1.807, 2.05) is 30.3 Å². The molecule has 3 aromatic rings. The van der Waals surface area contributed by atoms with E-state index in [1.54, 1.807) is 0 Å². The maximum atomic E-state index is 12.7. The minimum absolute atomic E-state index is 0.240. The molecule has 0 amide bonds. The van der Waals surface area contributed by atoms with Crippen molar-refractivity contribution in [2.45, 2.75) is 143 Å². The van der Waals surface area contributed by atoms with Crippen LogP contribution in [-0.4, -0.2) is 12.4 Å². The molecule has 0 aromatic heterocycles. The zero-order valence-electron chi connectivity index (χ0n) is 28.2. The van der Waals surface area contributed by atoms with Crippen LogP contribution in [0.25, 0.3) is 10.8 Å². The third kappa shape index (κ3) is 14.3. The number of rotatable bonds is 25. The number of carbonyl (C=O) groups excluding carboxylic acids is 1. The first kappa shape index (κ1) is 35.7. The third-order valence-corrected chi connectivity index (χ3v) is 8.82. The van der Waals surface area contributed by atoms with Crippen LogP contribution >= 0.6 is 0 Å². The summed E-state index contributed by atoms with van der Waals surface area (Å²) in [5, 5.41) is 2.30. The van der Waals surface area contributed by atoms with Crippen molar-refractivity contribution in [1.29, 1.82) is 0 Å². The quantitative estimate of drug-likeness (QED) is 0.0717. The average Bonchev–Trinajstić information content (AvgIpc) is 3.04. The van der Waals surface area contributed by atoms with Crippen molar-refractivity contribution in [3.05, 3.63) is 71.8 Å². The minimum atomic E-state index is 0.240. The smallest absolute Gasteiger partial charge is 0.163 e. The SMILES string of the molecule is CCCCCCCCCCCCCCCOc1ccc2cc(OCc3ccc(C(=O)C[C@H](C)CCCCC)cc3)ccc2c1. The molecule has 0 aliphatic rings. The molecule has 3 heteroatoms. The Morgan fingerprint density at radius 1 is 0.591 bits per heavy atom. The van der Waals surface area contributed by atoms with Crippen molar-refractivity contribution in [1.82, 2.24) is 0 Å². The molecule has 242 valence electrons. The van der Waals surface area contributed by atoms with E-state index >= 15 is 0 Å². The zero-order valence-corrected chi connectivity index (χ0v) is 28.2. The second kappa shape index (κ2) is 21.8. The summed E-state index contributed by atoms with van der Waals surface area (Å²) in [7, 11) is 0. The van der Waals surface area contributed by atoms with Crippen LogP contribution < -0.4 is 9.47 Å². The molecule has 0 N–H and O–H groups in total. The van der Waals surface area contributed by atoms with Crippen LogP contribution in [0.2, 0.25) is 0 Å². The summed E-state index contributed by atoms with van der Waals surface area (Å²) >= 11 is 0. The summed E-state index contributed by atoms with van der Waals surface area (Å²) in [5.74, 6) is 2.47. The van der Waals surface area contributed by atoms with E-state index in [0.29, 0.717) is 18.9 Å². The summed E-state index contributed by atoms with van der Waals surface area (Å²) in [6, 6.07) is 20.4. The predicted molar refractivity (Wildman–Crippen MR) is 188 cm³/mol. The molecule has 0 saturated heterocycles. The fourth-order valence-corrected chi connectivity index (χ4v) is 5.92. The van der Waals surface area contributed by atoms with Crippen molar-refractivity contribution in [2.75, 3.05) is 6.61 Å². The Kier molecular flexibility index (Phi) is 17.7. The summed E-state index contributed by atoms with van der Waals surface area (Å²) in [4.78, 5) is 12.7. The number of fused-ring (bicyclic) bond motifs is 1. The third-order valence-electron chi connectivity index (χ3n) is 8.82. The van der Waals surface area contributed by atoms with E-state index in [0.717, 1.165) is 52.8 Å². The standard InChI is InChI=1S/C41H60O3/c1-4-6-8-9-10-11-12-13-14-15-16-17-19-29-43-39-27-25-38-32-40(28-26-37(38)31-39)44-33-35-21-23-36(24-22-35)41(42)30-34(3)20-18-7-5-2/h21-28,31-32,34H,4-20,29-30,33H2,1-3H3/t34-/m1/s1. The predicted octanol–water partition coefficient (Wildman–Crippen LogP) is 12.7. The molecule has 0 radical (unpaired) electrons. The summed E-state index contributed by atoms with van der Waals surface area (Å²) in [5.41, 5.74) is 1.86. The molecule has 3 nitrogen and oxygen atoms in total. The van der Waals surface area contributed by atoms with Crippen molar-refractivity contribution in [2.24, 2.45) is 5.92 Å². The highest BCUT2D eigenvalue weighted by atomic mass is 16.5. The van der Waals surface area contributed by atoms with E-state index in [2.05, 4.69) is 51.1 Å². The van der Waals surface area contributed by atoms with Gasteiger partial charge in [0.1, 0.15) is 18.1 Å². The van der Waals surface area contributed by atoms with Crippen molar-refractivity contribution in [3.8, 4) is 11.5 Å². The first-order valence-corrected chi connectivity index (χ1v) is 18.0. The number of Topliss-reactive ketones (excluding diaryl/α,β-unsaturated/α-hetero) is 1. The number of carbonyl (C=O) groups is 1. The lowest BCUT2D eigenvalue weighted by atomic mass is 9.94. The molecule has 0 saturated carbocycles. The Balaban J connectivity index is 1.30. The second-order valence-corrected chi connectivity index (χ2v) is 13.0. The maximum absolute atomic E-state index is 12.7. The number of unbranched alkanes of at least 4 members (excludes halogenated alkanes) is 14. The Labute approximate surface area is 269 Å². The molecule has 0 unspecified atom stereocenters. The van der Waals surface area contributed by atoms with Crippen LogP contribution in [-0.2, 0) is 6.61 Å². The van der Waals surface area contributed by atoms with Crippen LogP contribution in [0.1, 0.15) is 152 Å². The van der Waals surface area contributed by atoms with Gasteiger partial charge in [0.15, 0.2) is 5.78 Å². The second-order valence-electron chi connectivity index (χ2n) is 13.0. The molecule has 0 aliphatic heterocycles. The topological polar surface area (TPSA) is 35.5 Å². The van der Waals surface area contributed by atoms with Gasteiger partial charge in [-0.15, -0.1) is 0 Å². The van der Waals surface area contributed by atoms with Crippen LogP contribution in [0.15, 0.2) is 60.7 Å². The number of ether oxygens (including phenoxy) is 2. The van der Waals surface area contributed by atoms with Crippen LogP contribution in [0.5, 0.6) is 11.5 Å². The molecular formula is C41H60O3. The molecule has 3 aromatic carbocycles. The summed E-state index contributed by atoms with van der Waals surface area (Å²) < 4.78 is 12.2. The Bertz CT molecular complexity index is 1180. The Morgan fingerprint density at radius 2 is 1.09 bits per heavy atom. The van der Waals surface area contributed by atoms with Gasteiger partial charge in [0, 0.05) is 12.0 Å². The molecule has 0 bridgehead atoms. The van der Waals surface area contributed by atoms with Crippen LogP contribution in [0, 0.1) is 5.92 Å². The summed E-state index contributed by atoms with van der Waals surface area (Å²) in [6.45, 7) is 7.95. The van der Waals surface area contributed by atoms with E-state index in [-0.39, 0.29) is 5.78 Å². The monoisotopic (exact) mass is 600 g/mol. The molecule has 3 rings (SSSR count). The molecule has 1 atom stereocenters. The molecule has 0 fully saturated rings. The first-order chi connectivity index (χ1) is 21.6. The first-order valence-electron chi connectivity index (χ1n) is 18.0. The molecule has 0 aliphatic carbocycles. The van der Waals surface area contributed by atoms with Gasteiger partial charge in [0.2, 0.25) is 0 Å². The van der Waals surface area contributed by atoms with Gasteiger partial charge in [-0.2, -0.15) is 0 Å². The number of ketones is 1.